The zero-order chi connectivity index (χ0) is 12.0. The lowest BCUT2D eigenvalue weighted by atomic mass is 9.88. The first-order chi connectivity index (χ1) is 7.78. The lowest BCUT2D eigenvalue weighted by Crippen LogP contribution is -2.23. The van der Waals surface area contributed by atoms with Crippen LogP contribution in [0.1, 0.15) is 13.3 Å². The van der Waals surface area contributed by atoms with Gasteiger partial charge < -0.3 is 10.2 Å². The van der Waals surface area contributed by atoms with Crippen LogP contribution in [0.4, 0.5) is 0 Å². The molecule has 16 heavy (non-hydrogen) atoms. The Morgan fingerprint density at radius 1 is 1.12 bits per heavy atom. The van der Waals surface area contributed by atoms with E-state index >= 15 is 0 Å². The molecule has 1 aliphatic rings. The van der Waals surface area contributed by atoms with Gasteiger partial charge in [0, 0.05) is 13.2 Å². The van der Waals surface area contributed by atoms with Crippen LogP contribution in [0.15, 0.2) is 37.0 Å². The molecule has 0 amide bonds. The van der Waals surface area contributed by atoms with Crippen LogP contribution in [0.25, 0.3) is 0 Å². The fourth-order valence-corrected chi connectivity index (χ4v) is 2.65. The second-order valence-corrected chi connectivity index (χ2v) is 4.40. The number of hydrogen-bond acceptors (Lipinski definition) is 2. The summed E-state index contributed by atoms with van der Waals surface area (Å²) in [6, 6.07) is 0. The van der Waals surface area contributed by atoms with Crippen LogP contribution in [0.3, 0.4) is 0 Å². The van der Waals surface area contributed by atoms with E-state index < -0.39 is 0 Å². The van der Waals surface area contributed by atoms with Gasteiger partial charge in [-0.1, -0.05) is 30.4 Å². The summed E-state index contributed by atoms with van der Waals surface area (Å²) in [5.74, 6) is 0.987. The Hall–Kier alpha value is -0.860. The largest absolute Gasteiger partial charge is 0.396 e. The monoisotopic (exact) mass is 222 g/mol. The minimum Gasteiger partial charge on any atom is -0.396 e. The molecule has 2 nitrogen and oxygen atoms in total. The van der Waals surface area contributed by atoms with E-state index in [9.17, 15) is 10.2 Å². The van der Waals surface area contributed by atoms with Crippen LogP contribution in [0.2, 0.25) is 0 Å². The highest BCUT2D eigenvalue weighted by molar-refractivity contribution is 5.09. The quantitative estimate of drug-likeness (QED) is 0.553. The average molecular weight is 222 g/mol. The highest BCUT2D eigenvalue weighted by atomic mass is 16.3. The van der Waals surface area contributed by atoms with E-state index in [0.717, 1.165) is 6.42 Å². The van der Waals surface area contributed by atoms with Crippen LogP contribution in [0.5, 0.6) is 0 Å². The fourth-order valence-electron chi connectivity index (χ4n) is 2.65. The van der Waals surface area contributed by atoms with Crippen LogP contribution in [0, 0.1) is 23.7 Å². The second-order valence-electron chi connectivity index (χ2n) is 4.40. The third-order valence-electron chi connectivity index (χ3n) is 3.58. The Morgan fingerprint density at radius 3 is 2.25 bits per heavy atom. The minimum absolute atomic E-state index is 0.135. The topological polar surface area (TPSA) is 40.5 Å². The summed E-state index contributed by atoms with van der Waals surface area (Å²) in [4.78, 5) is 0. The second kappa shape index (κ2) is 6.66. The first-order valence-electron chi connectivity index (χ1n) is 5.92. The normalized spacial score (nSPS) is 35.2. The van der Waals surface area contributed by atoms with Crippen LogP contribution in [-0.2, 0) is 0 Å². The van der Waals surface area contributed by atoms with Crippen molar-refractivity contribution in [1.82, 2.24) is 0 Å². The van der Waals surface area contributed by atoms with Gasteiger partial charge in [-0.3, -0.25) is 0 Å². The number of hydrogen-bond donors (Lipinski definition) is 2. The highest BCUT2D eigenvalue weighted by Gasteiger charge is 2.39. The van der Waals surface area contributed by atoms with Gasteiger partial charge in [-0.2, -0.15) is 0 Å². The van der Waals surface area contributed by atoms with Gasteiger partial charge in [0.2, 0.25) is 0 Å². The van der Waals surface area contributed by atoms with Gasteiger partial charge in [0.05, 0.1) is 0 Å². The molecule has 2 heteroatoms. The third-order valence-corrected chi connectivity index (χ3v) is 3.58. The van der Waals surface area contributed by atoms with E-state index in [0.29, 0.717) is 11.8 Å². The van der Waals surface area contributed by atoms with E-state index in [4.69, 9.17) is 0 Å². The molecule has 0 aromatic carbocycles. The van der Waals surface area contributed by atoms with Crippen LogP contribution >= 0.6 is 0 Å². The van der Waals surface area contributed by atoms with E-state index in [1.807, 2.05) is 31.2 Å². The van der Waals surface area contributed by atoms with Gasteiger partial charge in [-0.05, 0) is 37.0 Å². The van der Waals surface area contributed by atoms with Crippen molar-refractivity contribution in [3.63, 3.8) is 0 Å². The van der Waals surface area contributed by atoms with Gasteiger partial charge >= 0.3 is 0 Å². The molecule has 1 fully saturated rings. The van der Waals surface area contributed by atoms with E-state index in [2.05, 4.69) is 12.7 Å². The smallest absolute Gasteiger partial charge is 0.0468 e. The van der Waals surface area contributed by atoms with E-state index in [1.165, 1.54) is 0 Å². The number of allylic oxidation sites excluding steroid dienone is 5. The standard InChI is InChI=1S/C14H22O2/c1-3-5-6-7-12-8-11(4-2)13(9-15)14(12)10-16/h3-7,11-16H,2,8-10H2,1H3/b5-3+,7-6-/t11-,12+,13+,14-/m1/s1. The molecule has 0 saturated heterocycles. The number of aliphatic hydroxyl groups is 2. The molecule has 0 spiro atoms. The third kappa shape index (κ3) is 2.83. The predicted molar refractivity (Wildman–Crippen MR) is 66.9 cm³/mol. The van der Waals surface area contributed by atoms with Gasteiger partial charge in [0.1, 0.15) is 0 Å². The summed E-state index contributed by atoms with van der Waals surface area (Å²) in [5.41, 5.74) is 0. The molecule has 0 aromatic rings. The Bertz CT molecular complexity index is 268. The van der Waals surface area contributed by atoms with Crippen molar-refractivity contribution in [2.75, 3.05) is 13.2 Å². The zero-order valence-electron chi connectivity index (χ0n) is 9.92. The number of rotatable bonds is 5. The van der Waals surface area contributed by atoms with Gasteiger partial charge in [-0.15, -0.1) is 6.58 Å². The summed E-state index contributed by atoms with van der Waals surface area (Å²) in [7, 11) is 0. The fraction of sp³-hybridized carbons (Fsp3) is 0.571. The molecule has 0 bridgehead atoms. The number of aliphatic hydroxyl groups excluding tert-OH is 2. The molecule has 1 aliphatic carbocycles. The van der Waals surface area contributed by atoms with Crippen LogP contribution in [-0.4, -0.2) is 23.4 Å². The maximum absolute atomic E-state index is 9.41. The van der Waals surface area contributed by atoms with E-state index in [1.54, 1.807) is 0 Å². The molecule has 1 rings (SSSR count). The van der Waals surface area contributed by atoms with Crippen molar-refractivity contribution >= 4 is 0 Å². The highest BCUT2D eigenvalue weighted by Crippen LogP contribution is 2.42. The van der Waals surface area contributed by atoms with Gasteiger partial charge in [-0.25, -0.2) is 0 Å². The van der Waals surface area contributed by atoms with Crippen molar-refractivity contribution < 1.29 is 10.2 Å². The Balaban J connectivity index is 2.74. The molecule has 1 saturated carbocycles. The predicted octanol–water partition coefficient (Wildman–Crippen LogP) is 2.16. The van der Waals surface area contributed by atoms with Gasteiger partial charge in [0.15, 0.2) is 0 Å². The maximum Gasteiger partial charge on any atom is 0.0468 e. The summed E-state index contributed by atoms with van der Waals surface area (Å²) in [6.45, 7) is 6.06. The molecule has 0 aromatic heterocycles. The lowest BCUT2D eigenvalue weighted by Gasteiger charge is -2.20. The average Bonchev–Trinajstić information content (AvgIpc) is 2.66. The molecule has 4 atom stereocenters. The molecule has 2 N–H and O–H groups in total. The summed E-state index contributed by atoms with van der Waals surface area (Å²) in [6.07, 6.45) is 11.0. The first-order valence-corrected chi connectivity index (χ1v) is 5.92. The Kier molecular flexibility index (Phi) is 5.50. The lowest BCUT2D eigenvalue weighted by molar-refractivity contribution is 0.117. The molecule has 0 radical (unpaired) electrons. The van der Waals surface area contributed by atoms with Crippen LogP contribution < -0.4 is 0 Å². The maximum atomic E-state index is 9.41. The SMILES string of the molecule is C=C[C@@H]1C[C@H](/C=C\C=C\C)[C@@H](CO)[C@H]1CO. The van der Waals surface area contributed by atoms with Gasteiger partial charge in [0.25, 0.3) is 0 Å². The Morgan fingerprint density at radius 2 is 1.75 bits per heavy atom. The molecule has 0 aliphatic heterocycles. The molecular weight excluding hydrogens is 200 g/mol. The molecule has 90 valence electrons. The molecular formula is C14H22O2. The molecule has 0 heterocycles. The minimum atomic E-state index is 0.135. The Labute approximate surface area is 98.0 Å². The van der Waals surface area contributed by atoms with Crippen molar-refractivity contribution in [2.24, 2.45) is 23.7 Å². The van der Waals surface area contributed by atoms with E-state index in [-0.39, 0.29) is 25.0 Å². The van der Waals surface area contributed by atoms with Crippen molar-refractivity contribution in [1.29, 1.82) is 0 Å². The zero-order valence-corrected chi connectivity index (χ0v) is 9.92. The first kappa shape index (κ1) is 13.2. The molecule has 0 unspecified atom stereocenters. The summed E-state index contributed by atoms with van der Waals surface area (Å²) >= 11 is 0. The van der Waals surface area contributed by atoms with Crippen molar-refractivity contribution in [3.8, 4) is 0 Å². The summed E-state index contributed by atoms with van der Waals surface area (Å²) < 4.78 is 0. The van der Waals surface area contributed by atoms with Crippen molar-refractivity contribution in [2.45, 2.75) is 13.3 Å². The van der Waals surface area contributed by atoms with Crippen molar-refractivity contribution in [3.05, 3.63) is 37.0 Å². The summed E-state index contributed by atoms with van der Waals surface area (Å²) in [5, 5.41) is 18.8.